The average Bonchev–Trinajstić information content (AvgIpc) is 3.62. The van der Waals surface area contributed by atoms with Gasteiger partial charge in [0.25, 0.3) is 0 Å². The minimum absolute atomic E-state index is 0.0997. The molecule has 2 fully saturated rings. The third kappa shape index (κ3) is 7.03. The van der Waals surface area contributed by atoms with Crippen molar-refractivity contribution in [2.45, 2.75) is 82.0 Å². The van der Waals surface area contributed by atoms with E-state index in [0.717, 1.165) is 23.9 Å². The van der Waals surface area contributed by atoms with E-state index in [-0.39, 0.29) is 29.7 Å². The molecule has 5 atom stereocenters. The first-order valence-electron chi connectivity index (χ1n) is 14.2. The number of carbonyl (C=O) groups excluding carboxylic acids is 1. The Morgan fingerprint density at radius 1 is 1.12 bits per heavy atom. The van der Waals surface area contributed by atoms with Crippen molar-refractivity contribution in [3.8, 4) is 11.3 Å². The molecule has 3 aromatic rings. The highest BCUT2D eigenvalue weighted by Gasteiger charge is 2.47. The third-order valence-electron chi connectivity index (χ3n) is 7.75. The molecule has 2 aliphatic heterocycles. The number of likely N-dealkylation sites (tertiary alicyclic amines) is 1. The van der Waals surface area contributed by atoms with Crippen molar-refractivity contribution in [1.29, 1.82) is 0 Å². The van der Waals surface area contributed by atoms with Crippen LogP contribution in [0.3, 0.4) is 0 Å². The maximum Gasteiger partial charge on any atom is 0.410 e. The number of piperidine rings is 1. The zero-order valence-electron chi connectivity index (χ0n) is 24.5. The van der Waals surface area contributed by atoms with Crippen molar-refractivity contribution in [1.82, 2.24) is 25.1 Å². The van der Waals surface area contributed by atoms with E-state index >= 15 is 0 Å². The summed E-state index contributed by atoms with van der Waals surface area (Å²) in [6.07, 6.45) is -0.880. The Morgan fingerprint density at radius 2 is 1.81 bits per heavy atom. The molecular formula is C29H37F2N5O7. The first kappa shape index (κ1) is 31.0. The highest BCUT2D eigenvalue weighted by Crippen LogP contribution is 2.35. The molecule has 14 heteroatoms. The summed E-state index contributed by atoms with van der Waals surface area (Å²) >= 11 is 0. The highest BCUT2D eigenvalue weighted by molar-refractivity contribution is 5.68. The van der Waals surface area contributed by atoms with Crippen LogP contribution in [-0.4, -0.2) is 98.2 Å². The second-order valence-electron chi connectivity index (χ2n) is 12.0. The summed E-state index contributed by atoms with van der Waals surface area (Å²) in [5, 5.41) is 33.5. The van der Waals surface area contributed by atoms with E-state index in [1.807, 2.05) is 26.8 Å². The molecule has 1 amide bonds. The number of hydrogen-bond acceptors (Lipinski definition) is 10. The van der Waals surface area contributed by atoms with Crippen molar-refractivity contribution in [3.05, 3.63) is 53.6 Å². The van der Waals surface area contributed by atoms with E-state index in [2.05, 4.69) is 15.5 Å². The van der Waals surface area contributed by atoms with Crippen LogP contribution < -0.4 is 0 Å². The lowest BCUT2D eigenvalue weighted by atomic mass is 9.90. The largest absolute Gasteiger partial charge is 0.444 e. The van der Waals surface area contributed by atoms with Gasteiger partial charge >= 0.3 is 6.09 Å². The number of rotatable bonds is 7. The molecule has 43 heavy (non-hydrogen) atoms. The normalized spacial score (nSPS) is 25.2. The fourth-order valence-electron chi connectivity index (χ4n) is 5.69. The Morgan fingerprint density at radius 3 is 2.44 bits per heavy atom. The summed E-state index contributed by atoms with van der Waals surface area (Å²) in [5.41, 5.74) is 0.585. The number of aliphatic hydroxyl groups excluding tert-OH is 2. The van der Waals surface area contributed by atoms with E-state index in [4.69, 9.17) is 18.7 Å². The molecule has 2 aromatic heterocycles. The van der Waals surface area contributed by atoms with Gasteiger partial charge in [-0.25, -0.2) is 18.3 Å². The summed E-state index contributed by atoms with van der Waals surface area (Å²) in [7, 11) is 1.46. The summed E-state index contributed by atoms with van der Waals surface area (Å²) < 4.78 is 51.9. The van der Waals surface area contributed by atoms with Gasteiger partial charge in [0.05, 0.1) is 24.6 Å². The van der Waals surface area contributed by atoms with Crippen molar-refractivity contribution < 1.29 is 42.5 Å². The molecule has 2 saturated heterocycles. The number of ether oxygens (including phenoxy) is 3. The van der Waals surface area contributed by atoms with E-state index in [1.54, 1.807) is 4.90 Å². The number of methoxy groups -OCH3 is 1. The monoisotopic (exact) mass is 605 g/mol. The maximum atomic E-state index is 13.8. The second kappa shape index (κ2) is 12.6. The molecule has 2 N–H and O–H groups in total. The molecule has 12 nitrogen and oxygen atoms in total. The lowest BCUT2D eigenvalue weighted by Crippen LogP contribution is -2.57. The standard InChI is InChI=1S/C29H37F2N5O7/c1-29(2,3)42-28(39)35-7-5-16(6-8-35)21-12-20(43-33-21)13-23-27(40-4)25(26(38)24(15-37)41-23)36-14-22(32-34-36)17-9-18(30)11-19(31)10-17/h9-12,14,16,23-27,37-38H,5-8,13,15H2,1-4H3/t23-,24-,25+,26+,27+/m1/s1. The number of halogens is 2. The first-order chi connectivity index (χ1) is 20.5. The maximum absolute atomic E-state index is 13.8. The van der Waals surface area contributed by atoms with Crippen LogP contribution in [-0.2, 0) is 20.6 Å². The third-order valence-corrected chi connectivity index (χ3v) is 7.75. The van der Waals surface area contributed by atoms with E-state index in [0.29, 0.717) is 31.7 Å². The minimum atomic E-state index is -1.23. The molecule has 234 valence electrons. The van der Waals surface area contributed by atoms with Gasteiger partial charge < -0.3 is 33.8 Å². The van der Waals surface area contributed by atoms with Gasteiger partial charge in [-0.1, -0.05) is 10.4 Å². The number of aromatic nitrogens is 4. The first-order valence-corrected chi connectivity index (χ1v) is 14.2. The van der Waals surface area contributed by atoms with Crippen molar-refractivity contribution in [2.75, 3.05) is 26.8 Å². The SMILES string of the molecule is CO[C@@H]1[C@@H](n2cc(-c3cc(F)cc(F)c3)nn2)[C@@H](O)[C@@H](CO)O[C@@H]1Cc1cc(C2CCN(C(=O)OC(C)(C)C)CC2)no1. The number of nitrogens with zero attached hydrogens (tertiary/aromatic N) is 5. The molecular weight excluding hydrogens is 568 g/mol. The topological polar surface area (TPSA) is 145 Å². The smallest absolute Gasteiger partial charge is 0.410 e. The van der Waals surface area contributed by atoms with E-state index < -0.39 is 54.3 Å². The predicted octanol–water partition coefficient (Wildman–Crippen LogP) is 3.25. The molecule has 0 radical (unpaired) electrons. The van der Waals surface area contributed by atoms with Crippen molar-refractivity contribution in [2.24, 2.45) is 0 Å². The summed E-state index contributed by atoms with van der Waals surface area (Å²) in [4.78, 5) is 14.1. The molecule has 0 spiro atoms. The Balaban J connectivity index is 1.29. The van der Waals surface area contributed by atoms with Gasteiger partial charge in [0.1, 0.15) is 53.0 Å². The van der Waals surface area contributed by atoms with Gasteiger partial charge in [-0.15, -0.1) is 5.10 Å². The Hall–Kier alpha value is -3.46. The average molecular weight is 606 g/mol. The minimum Gasteiger partial charge on any atom is -0.444 e. The van der Waals surface area contributed by atoms with Crippen LogP contribution in [0.4, 0.5) is 13.6 Å². The number of carbonyl (C=O) groups is 1. The molecule has 5 rings (SSSR count). The molecule has 2 aliphatic rings. The lowest BCUT2D eigenvalue weighted by molar-refractivity contribution is -0.212. The van der Waals surface area contributed by atoms with Crippen LogP contribution in [0, 0.1) is 11.6 Å². The van der Waals surface area contributed by atoms with E-state index in [1.165, 1.54) is 18.0 Å². The fraction of sp³-hybridized carbons (Fsp3) is 0.586. The van der Waals surface area contributed by atoms with Crippen LogP contribution in [0.25, 0.3) is 11.3 Å². The number of amides is 1. The zero-order chi connectivity index (χ0) is 30.9. The molecule has 0 saturated carbocycles. The lowest BCUT2D eigenvalue weighted by Gasteiger charge is -2.43. The van der Waals surface area contributed by atoms with E-state index in [9.17, 15) is 23.8 Å². The van der Waals surface area contributed by atoms with Gasteiger partial charge in [-0.3, -0.25) is 0 Å². The molecule has 4 heterocycles. The Kier molecular flexibility index (Phi) is 9.11. The Bertz CT molecular complexity index is 1380. The van der Waals surface area contributed by atoms with Gasteiger partial charge in [0.15, 0.2) is 0 Å². The summed E-state index contributed by atoms with van der Waals surface area (Å²) in [6.45, 7) is 6.12. The van der Waals surface area contributed by atoms with Crippen LogP contribution in [0.5, 0.6) is 0 Å². The van der Waals surface area contributed by atoms with Crippen LogP contribution in [0.2, 0.25) is 0 Å². The summed E-state index contributed by atoms with van der Waals surface area (Å²) in [6, 6.07) is 4.03. The van der Waals surface area contributed by atoms with Crippen LogP contribution in [0.1, 0.15) is 57.0 Å². The Labute approximate surface area is 247 Å². The van der Waals surface area contributed by atoms with Crippen LogP contribution in [0.15, 0.2) is 35.0 Å². The second-order valence-corrected chi connectivity index (χ2v) is 12.0. The van der Waals surface area contributed by atoms with Crippen molar-refractivity contribution in [3.63, 3.8) is 0 Å². The zero-order valence-corrected chi connectivity index (χ0v) is 24.5. The molecule has 1 aromatic carbocycles. The molecule has 0 unspecified atom stereocenters. The highest BCUT2D eigenvalue weighted by atomic mass is 19.1. The molecule has 0 bridgehead atoms. The van der Waals surface area contributed by atoms with Gasteiger partial charge in [0.2, 0.25) is 0 Å². The summed E-state index contributed by atoms with van der Waals surface area (Å²) in [5.74, 6) is -0.891. The quantitative estimate of drug-likeness (QED) is 0.412. The van der Waals surface area contributed by atoms with Crippen LogP contribution >= 0.6 is 0 Å². The predicted molar refractivity (Wildman–Crippen MR) is 147 cm³/mol. The van der Waals surface area contributed by atoms with Gasteiger partial charge in [0, 0.05) is 50.2 Å². The van der Waals surface area contributed by atoms with Crippen molar-refractivity contribution >= 4 is 6.09 Å². The fourth-order valence-corrected chi connectivity index (χ4v) is 5.69. The number of hydrogen-bond donors (Lipinski definition) is 2. The number of aliphatic hydroxyl groups is 2. The van der Waals surface area contributed by atoms with Gasteiger partial charge in [-0.2, -0.15) is 0 Å². The number of benzene rings is 1. The molecule has 0 aliphatic carbocycles. The van der Waals surface area contributed by atoms with Gasteiger partial charge in [-0.05, 0) is 45.7 Å².